The molecule has 1 aromatic rings. The Balaban J connectivity index is 1.61. The van der Waals surface area contributed by atoms with Gasteiger partial charge in [-0.05, 0) is 23.6 Å². The first-order chi connectivity index (χ1) is 15.1. The summed E-state index contributed by atoms with van der Waals surface area (Å²) in [6, 6.07) is 4.22. The van der Waals surface area contributed by atoms with Crippen LogP contribution in [0.4, 0.5) is 13.6 Å². The zero-order chi connectivity index (χ0) is 23.1. The lowest BCUT2D eigenvalue weighted by Gasteiger charge is -2.36. The van der Waals surface area contributed by atoms with Crippen LogP contribution >= 0.6 is 0 Å². The van der Waals surface area contributed by atoms with E-state index >= 15 is 0 Å². The van der Waals surface area contributed by atoms with E-state index in [1.165, 1.54) is 11.0 Å². The SMILES string of the molecule is CC(C)(C)C1[C@@H](Oc2cc(C3=NOC4(CCOC4)C3)ccc2OC(F)F)CCN1C(=O)O. The number of oxime groups is 1. The van der Waals surface area contributed by atoms with Gasteiger partial charge >= 0.3 is 12.7 Å². The molecule has 176 valence electrons. The van der Waals surface area contributed by atoms with Crippen molar-refractivity contribution in [2.45, 2.75) is 64.4 Å². The number of amides is 1. The fourth-order valence-electron chi connectivity index (χ4n) is 4.74. The molecule has 1 N–H and O–H groups in total. The van der Waals surface area contributed by atoms with E-state index in [1.807, 2.05) is 20.8 Å². The van der Waals surface area contributed by atoms with Crippen LogP contribution in [0.2, 0.25) is 0 Å². The largest absolute Gasteiger partial charge is 0.484 e. The van der Waals surface area contributed by atoms with Gasteiger partial charge in [-0.2, -0.15) is 8.78 Å². The van der Waals surface area contributed by atoms with Crippen molar-refractivity contribution in [2.24, 2.45) is 10.6 Å². The van der Waals surface area contributed by atoms with Crippen molar-refractivity contribution in [3.63, 3.8) is 0 Å². The third-order valence-corrected chi connectivity index (χ3v) is 6.15. The number of rotatable bonds is 5. The monoisotopic (exact) mass is 454 g/mol. The lowest BCUT2D eigenvalue weighted by molar-refractivity contribution is -0.0526. The van der Waals surface area contributed by atoms with Crippen LogP contribution in [0.1, 0.15) is 45.6 Å². The van der Waals surface area contributed by atoms with Gasteiger partial charge in [0.25, 0.3) is 0 Å². The lowest BCUT2D eigenvalue weighted by Crippen LogP contribution is -2.48. The van der Waals surface area contributed by atoms with E-state index in [0.29, 0.717) is 43.9 Å². The van der Waals surface area contributed by atoms with Crippen LogP contribution in [0.3, 0.4) is 0 Å². The minimum atomic E-state index is -3.02. The quantitative estimate of drug-likeness (QED) is 0.720. The van der Waals surface area contributed by atoms with Gasteiger partial charge in [0.05, 0.1) is 25.0 Å². The predicted octanol–water partition coefficient (Wildman–Crippen LogP) is 4.12. The lowest BCUT2D eigenvalue weighted by atomic mass is 9.84. The Hall–Kier alpha value is -2.62. The highest BCUT2D eigenvalue weighted by atomic mass is 19.3. The number of carboxylic acid groups (broad SMARTS) is 1. The number of nitrogens with zero attached hydrogens (tertiary/aromatic N) is 2. The summed E-state index contributed by atoms with van der Waals surface area (Å²) in [6.45, 7) is 4.12. The zero-order valence-corrected chi connectivity index (χ0v) is 18.3. The maximum absolute atomic E-state index is 13.0. The third kappa shape index (κ3) is 4.46. The van der Waals surface area contributed by atoms with E-state index in [1.54, 1.807) is 12.1 Å². The van der Waals surface area contributed by atoms with Crippen LogP contribution in [0.5, 0.6) is 11.5 Å². The van der Waals surface area contributed by atoms with Gasteiger partial charge in [0.1, 0.15) is 6.10 Å². The molecule has 2 saturated heterocycles. The summed E-state index contributed by atoms with van der Waals surface area (Å²) in [5.41, 5.74) is 0.457. The molecule has 1 spiro atoms. The molecule has 2 fully saturated rings. The molecule has 10 heteroatoms. The van der Waals surface area contributed by atoms with E-state index in [-0.39, 0.29) is 11.5 Å². The van der Waals surface area contributed by atoms with Gasteiger partial charge < -0.3 is 29.1 Å². The van der Waals surface area contributed by atoms with Crippen molar-refractivity contribution in [3.05, 3.63) is 23.8 Å². The molecule has 1 amide bonds. The van der Waals surface area contributed by atoms with Crippen molar-refractivity contribution in [3.8, 4) is 11.5 Å². The first-order valence-electron chi connectivity index (χ1n) is 10.7. The summed E-state index contributed by atoms with van der Waals surface area (Å²) < 4.78 is 42.3. The van der Waals surface area contributed by atoms with Crippen molar-refractivity contribution >= 4 is 11.8 Å². The van der Waals surface area contributed by atoms with Gasteiger partial charge in [0, 0.05) is 31.4 Å². The van der Waals surface area contributed by atoms with Gasteiger partial charge in [0.2, 0.25) is 0 Å². The Morgan fingerprint density at radius 2 is 2.12 bits per heavy atom. The zero-order valence-electron chi connectivity index (χ0n) is 18.3. The Morgan fingerprint density at radius 1 is 1.34 bits per heavy atom. The van der Waals surface area contributed by atoms with Gasteiger partial charge in [0.15, 0.2) is 17.1 Å². The molecule has 3 heterocycles. The third-order valence-electron chi connectivity index (χ3n) is 6.15. The molecule has 0 aliphatic carbocycles. The van der Waals surface area contributed by atoms with Crippen LogP contribution in [0.15, 0.2) is 23.4 Å². The minimum absolute atomic E-state index is 0.108. The summed E-state index contributed by atoms with van der Waals surface area (Å²) in [4.78, 5) is 18.7. The maximum Gasteiger partial charge on any atom is 0.407 e. The second-order valence-electron chi connectivity index (χ2n) is 9.56. The molecule has 3 aliphatic heterocycles. The van der Waals surface area contributed by atoms with Crippen molar-refractivity contribution in [1.29, 1.82) is 0 Å². The fraction of sp³-hybridized carbons (Fsp3) is 0.636. The average Bonchev–Trinajstić information content (AvgIpc) is 3.43. The average molecular weight is 454 g/mol. The summed E-state index contributed by atoms with van der Waals surface area (Å²) in [5.74, 6) is 0.0178. The van der Waals surface area contributed by atoms with E-state index in [0.717, 1.165) is 6.42 Å². The van der Waals surface area contributed by atoms with Gasteiger partial charge in [-0.15, -0.1) is 0 Å². The van der Waals surface area contributed by atoms with E-state index in [4.69, 9.17) is 14.3 Å². The molecule has 0 saturated carbocycles. The van der Waals surface area contributed by atoms with Gasteiger partial charge in [-0.3, -0.25) is 0 Å². The van der Waals surface area contributed by atoms with Crippen molar-refractivity contribution < 1.29 is 37.7 Å². The predicted molar refractivity (Wildman–Crippen MR) is 110 cm³/mol. The molecule has 0 aromatic heterocycles. The van der Waals surface area contributed by atoms with Crippen LogP contribution in [-0.4, -0.2) is 65.9 Å². The van der Waals surface area contributed by atoms with E-state index in [2.05, 4.69) is 9.89 Å². The Morgan fingerprint density at radius 3 is 2.75 bits per heavy atom. The Bertz CT molecular complexity index is 895. The molecule has 8 nitrogen and oxygen atoms in total. The van der Waals surface area contributed by atoms with Gasteiger partial charge in [-0.1, -0.05) is 25.9 Å². The molecule has 32 heavy (non-hydrogen) atoms. The highest BCUT2D eigenvalue weighted by Gasteiger charge is 2.46. The number of hydrogen-bond donors (Lipinski definition) is 1. The number of likely N-dealkylation sites (tertiary alicyclic amines) is 1. The molecule has 3 aliphatic rings. The van der Waals surface area contributed by atoms with Crippen LogP contribution in [0, 0.1) is 5.41 Å². The summed E-state index contributed by atoms with van der Waals surface area (Å²) in [5, 5.41) is 13.8. The number of ether oxygens (including phenoxy) is 3. The van der Waals surface area contributed by atoms with Crippen LogP contribution in [0.25, 0.3) is 0 Å². The molecule has 0 bridgehead atoms. The maximum atomic E-state index is 13.0. The minimum Gasteiger partial charge on any atom is -0.484 e. The number of halogens is 2. The molecular formula is C22H28F2N2O6. The van der Waals surface area contributed by atoms with Crippen LogP contribution < -0.4 is 9.47 Å². The Kier molecular flexibility index (Phi) is 5.91. The highest BCUT2D eigenvalue weighted by molar-refractivity contribution is 6.02. The summed E-state index contributed by atoms with van der Waals surface area (Å²) in [7, 11) is 0. The second kappa shape index (κ2) is 8.38. The molecule has 1 aromatic carbocycles. The normalized spacial score (nSPS) is 27.7. The highest BCUT2D eigenvalue weighted by Crippen LogP contribution is 2.40. The fourth-order valence-corrected chi connectivity index (χ4v) is 4.74. The molecule has 2 unspecified atom stereocenters. The summed E-state index contributed by atoms with van der Waals surface area (Å²) in [6.07, 6.45) is 0.170. The molecule has 4 rings (SSSR count). The summed E-state index contributed by atoms with van der Waals surface area (Å²) >= 11 is 0. The number of hydrogen-bond acceptors (Lipinski definition) is 6. The van der Waals surface area contributed by atoms with E-state index < -0.39 is 35.9 Å². The standard InChI is InChI=1S/C22H28F2N2O6/c1-21(2,3)18-16(6-8-26(18)20(27)28)30-17-10-13(4-5-15(17)31-19(23)24)14-11-22(32-25-14)7-9-29-12-22/h4-5,10,16,18-19H,6-9,11-12H2,1-3H3,(H,27,28)/t16-,18?,22?/m0/s1. The number of carbonyl (C=O) groups is 1. The number of alkyl halides is 2. The first-order valence-corrected chi connectivity index (χ1v) is 10.7. The van der Waals surface area contributed by atoms with Crippen molar-refractivity contribution in [2.75, 3.05) is 19.8 Å². The van der Waals surface area contributed by atoms with Gasteiger partial charge in [-0.25, -0.2) is 4.79 Å². The molecular weight excluding hydrogens is 426 g/mol. The molecule has 0 radical (unpaired) electrons. The first kappa shape index (κ1) is 22.6. The molecule has 3 atom stereocenters. The van der Waals surface area contributed by atoms with Crippen LogP contribution in [-0.2, 0) is 9.57 Å². The Labute approximate surface area is 185 Å². The van der Waals surface area contributed by atoms with E-state index in [9.17, 15) is 18.7 Å². The second-order valence-corrected chi connectivity index (χ2v) is 9.56. The number of benzene rings is 1. The topological polar surface area (TPSA) is 89.8 Å². The van der Waals surface area contributed by atoms with Crippen molar-refractivity contribution in [1.82, 2.24) is 4.90 Å². The smallest absolute Gasteiger partial charge is 0.407 e.